The molecule has 0 spiro atoms. The topological polar surface area (TPSA) is 92.9 Å². The second-order valence-electron chi connectivity index (χ2n) is 10.7. The number of amides is 1. The minimum atomic E-state index is -3.35. The average molecular weight is 514 g/mol. The van der Waals surface area contributed by atoms with E-state index in [4.69, 9.17) is 10.5 Å². The zero-order valence-electron chi connectivity index (χ0n) is 21.5. The number of anilines is 1. The number of ether oxygens (including phenoxy) is 1. The van der Waals surface area contributed by atoms with Crippen LogP contribution in [0.25, 0.3) is 0 Å². The van der Waals surface area contributed by atoms with Gasteiger partial charge in [0.05, 0.1) is 11.9 Å². The Bertz CT molecular complexity index is 1120. The first-order valence-electron chi connectivity index (χ1n) is 13.0. The van der Waals surface area contributed by atoms with Gasteiger partial charge in [0.1, 0.15) is 11.5 Å². The number of carbonyl (C=O) groups excluding carboxylic acids is 1. The van der Waals surface area contributed by atoms with Gasteiger partial charge in [-0.3, -0.25) is 14.0 Å². The molecule has 8 heteroatoms. The molecule has 1 aliphatic carbocycles. The van der Waals surface area contributed by atoms with Gasteiger partial charge in [-0.2, -0.15) is 0 Å². The Labute approximate surface area is 215 Å². The number of sulfonamides is 1. The first-order chi connectivity index (χ1) is 17.1. The molecule has 1 heterocycles. The van der Waals surface area contributed by atoms with Crippen LogP contribution in [0.5, 0.6) is 11.5 Å². The van der Waals surface area contributed by atoms with Gasteiger partial charge in [-0.1, -0.05) is 38.3 Å². The highest BCUT2D eigenvalue weighted by molar-refractivity contribution is 7.92. The Kier molecular flexibility index (Phi) is 8.25. The van der Waals surface area contributed by atoms with E-state index >= 15 is 0 Å². The molecule has 36 heavy (non-hydrogen) atoms. The molecule has 7 nitrogen and oxygen atoms in total. The van der Waals surface area contributed by atoms with E-state index in [9.17, 15) is 13.2 Å². The minimum absolute atomic E-state index is 0.204. The number of nitrogens with zero attached hydrogens (tertiary/aromatic N) is 2. The zero-order chi connectivity index (χ0) is 25.8. The van der Waals surface area contributed by atoms with Gasteiger partial charge >= 0.3 is 0 Å². The van der Waals surface area contributed by atoms with Crippen molar-refractivity contribution in [1.29, 1.82) is 0 Å². The summed E-state index contributed by atoms with van der Waals surface area (Å²) >= 11 is 0. The lowest BCUT2D eigenvalue weighted by molar-refractivity contribution is -0.129. The van der Waals surface area contributed by atoms with E-state index in [1.165, 1.54) is 35.4 Å². The molecule has 1 aliphatic heterocycles. The number of hydrogen-bond donors (Lipinski definition) is 1. The quantitative estimate of drug-likeness (QED) is 0.514. The van der Waals surface area contributed by atoms with Gasteiger partial charge in [0.15, 0.2) is 0 Å². The van der Waals surface area contributed by atoms with Crippen molar-refractivity contribution in [2.24, 2.45) is 17.1 Å². The van der Waals surface area contributed by atoms with E-state index in [0.29, 0.717) is 23.9 Å². The molecule has 0 bridgehead atoms. The summed E-state index contributed by atoms with van der Waals surface area (Å²) in [6, 6.07) is 15.3. The van der Waals surface area contributed by atoms with Crippen molar-refractivity contribution in [3.05, 3.63) is 54.1 Å². The molecule has 0 unspecified atom stereocenters. The maximum Gasteiger partial charge on any atom is 0.232 e. The molecule has 2 N–H and O–H groups in total. The minimum Gasteiger partial charge on any atom is -0.457 e. The molecule has 0 atom stereocenters. The van der Waals surface area contributed by atoms with Gasteiger partial charge < -0.3 is 10.5 Å². The van der Waals surface area contributed by atoms with Crippen molar-refractivity contribution in [1.82, 2.24) is 4.90 Å². The van der Waals surface area contributed by atoms with E-state index < -0.39 is 15.4 Å². The summed E-state index contributed by atoms with van der Waals surface area (Å²) in [5.74, 6) is 1.61. The van der Waals surface area contributed by atoms with Crippen LogP contribution in [0.3, 0.4) is 0 Å². The number of rotatable bonds is 9. The van der Waals surface area contributed by atoms with Crippen LogP contribution >= 0.6 is 0 Å². The summed E-state index contributed by atoms with van der Waals surface area (Å²) in [5, 5.41) is 0. The monoisotopic (exact) mass is 513 g/mol. The van der Waals surface area contributed by atoms with Crippen LogP contribution in [0.15, 0.2) is 48.5 Å². The second kappa shape index (κ2) is 11.2. The Morgan fingerprint density at radius 2 is 1.56 bits per heavy atom. The van der Waals surface area contributed by atoms with Crippen LogP contribution in [0, 0.1) is 11.3 Å². The highest BCUT2D eigenvalue weighted by Crippen LogP contribution is 2.32. The van der Waals surface area contributed by atoms with Crippen LogP contribution in [-0.2, 0) is 21.4 Å². The van der Waals surface area contributed by atoms with Crippen molar-refractivity contribution in [2.75, 3.05) is 30.2 Å². The molecular formula is C28H39N3O4S. The Balaban J connectivity index is 1.33. The van der Waals surface area contributed by atoms with E-state index in [2.05, 4.69) is 17.0 Å². The first-order valence-corrected chi connectivity index (χ1v) is 14.8. The van der Waals surface area contributed by atoms with E-state index in [1.54, 1.807) is 0 Å². The lowest BCUT2D eigenvalue weighted by Gasteiger charge is -2.37. The largest absolute Gasteiger partial charge is 0.457 e. The summed E-state index contributed by atoms with van der Waals surface area (Å²) in [4.78, 5) is 14.0. The third kappa shape index (κ3) is 6.79. The van der Waals surface area contributed by atoms with Gasteiger partial charge in [0, 0.05) is 18.5 Å². The molecule has 1 saturated carbocycles. The van der Waals surface area contributed by atoms with E-state index in [1.807, 2.05) is 43.3 Å². The van der Waals surface area contributed by atoms with Crippen LogP contribution in [-0.4, -0.2) is 45.1 Å². The van der Waals surface area contributed by atoms with E-state index in [-0.39, 0.29) is 5.91 Å². The fraction of sp³-hybridized carbons (Fsp3) is 0.536. The van der Waals surface area contributed by atoms with Crippen molar-refractivity contribution in [3.8, 4) is 11.5 Å². The van der Waals surface area contributed by atoms with Gasteiger partial charge in [0.2, 0.25) is 15.9 Å². The van der Waals surface area contributed by atoms with Crippen molar-refractivity contribution >= 4 is 21.6 Å². The molecule has 196 valence electrons. The zero-order valence-corrected chi connectivity index (χ0v) is 22.3. The number of nitrogens with two attached hydrogens (primary N) is 1. The predicted octanol–water partition coefficient (Wildman–Crippen LogP) is 4.91. The Morgan fingerprint density at radius 3 is 2.08 bits per heavy atom. The number of hydrogen-bond acceptors (Lipinski definition) is 5. The average Bonchev–Trinajstić information content (AvgIpc) is 2.86. The molecule has 1 amide bonds. The molecule has 1 saturated heterocycles. The van der Waals surface area contributed by atoms with Crippen molar-refractivity contribution in [3.63, 3.8) is 0 Å². The Morgan fingerprint density at radius 1 is 1.00 bits per heavy atom. The number of primary amides is 1. The summed E-state index contributed by atoms with van der Waals surface area (Å²) in [6.07, 6.45) is 8.65. The van der Waals surface area contributed by atoms with Gasteiger partial charge in [-0.15, -0.1) is 0 Å². The van der Waals surface area contributed by atoms with Crippen LogP contribution < -0.4 is 14.8 Å². The SMILES string of the molecule is CC1(C(N)=O)CCN(Cc2ccc(Oc3ccc(N(CC4CCCCC4)S(C)(=O)=O)cc3)cc2)CC1. The molecular weight excluding hydrogens is 474 g/mol. The number of benzene rings is 2. The smallest absolute Gasteiger partial charge is 0.232 e. The summed E-state index contributed by atoms with van der Waals surface area (Å²) in [5.41, 5.74) is 7.04. The third-order valence-corrected chi connectivity index (χ3v) is 8.95. The molecule has 2 aromatic carbocycles. The molecule has 0 aromatic heterocycles. The molecule has 2 aromatic rings. The lowest BCUT2D eigenvalue weighted by atomic mass is 9.80. The van der Waals surface area contributed by atoms with Crippen LogP contribution in [0.1, 0.15) is 57.4 Å². The maximum atomic E-state index is 12.5. The van der Waals surface area contributed by atoms with Gasteiger partial charge in [-0.05, 0) is 86.7 Å². The highest BCUT2D eigenvalue weighted by Gasteiger charge is 2.35. The molecule has 0 radical (unpaired) electrons. The van der Waals surface area contributed by atoms with Crippen molar-refractivity contribution in [2.45, 2.75) is 58.4 Å². The summed E-state index contributed by atoms with van der Waals surface area (Å²) in [7, 11) is -3.35. The van der Waals surface area contributed by atoms with Crippen LogP contribution in [0.2, 0.25) is 0 Å². The van der Waals surface area contributed by atoms with Crippen molar-refractivity contribution < 1.29 is 17.9 Å². The second-order valence-corrected chi connectivity index (χ2v) is 12.6. The fourth-order valence-corrected chi connectivity index (χ4v) is 6.21. The fourth-order valence-electron chi connectivity index (χ4n) is 5.23. The third-order valence-electron chi connectivity index (χ3n) is 7.79. The maximum absolute atomic E-state index is 12.5. The standard InChI is InChI=1S/C28H39N3O4S/c1-28(27(29)32)16-18-30(19-17-28)20-23-8-12-25(13-9-23)35-26-14-10-24(11-15-26)31(36(2,33)34)21-22-6-4-3-5-7-22/h8-15,22H,3-7,16-21H2,1-2H3,(H2,29,32). The highest BCUT2D eigenvalue weighted by atomic mass is 32.2. The molecule has 2 aliphatic rings. The molecule has 4 rings (SSSR count). The van der Waals surface area contributed by atoms with Gasteiger partial charge in [-0.25, -0.2) is 8.42 Å². The summed E-state index contributed by atoms with van der Waals surface area (Å²) < 4.78 is 32.5. The number of carbonyl (C=O) groups is 1. The van der Waals surface area contributed by atoms with E-state index in [0.717, 1.165) is 51.1 Å². The summed E-state index contributed by atoms with van der Waals surface area (Å²) in [6.45, 7) is 5.04. The predicted molar refractivity (Wildman–Crippen MR) is 144 cm³/mol. The lowest BCUT2D eigenvalue weighted by Crippen LogP contribution is -2.45. The number of piperidine rings is 1. The van der Waals surface area contributed by atoms with Gasteiger partial charge in [0.25, 0.3) is 0 Å². The normalized spacial score (nSPS) is 19.1. The number of likely N-dealkylation sites (tertiary alicyclic amines) is 1. The molecule has 2 fully saturated rings. The Hall–Kier alpha value is -2.58. The van der Waals surface area contributed by atoms with Crippen LogP contribution in [0.4, 0.5) is 5.69 Å². The first kappa shape index (κ1) is 26.5.